The van der Waals surface area contributed by atoms with Crippen LogP contribution in [-0.2, 0) is 23.2 Å². The van der Waals surface area contributed by atoms with Crippen LogP contribution in [0.2, 0.25) is 0 Å². The zero-order chi connectivity index (χ0) is 33.8. The minimum absolute atomic E-state index is 0.114. The van der Waals surface area contributed by atoms with Crippen LogP contribution in [0, 0.1) is 69.5 Å². The van der Waals surface area contributed by atoms with Crippen molar-refractivity contribution in [3.05, 3.63) is 23.3 Å². The Balaban J connectivity index is 0.895. The number of carbonyl (C=O) groups is 2. The summed E-state index contributed by atoms with van der Waals surface area (Å²) in [4.78, 5) is 36.0. The van der Waals surface area contributed by atoms with E-state index in [2.05, 4.69) is 32.9 Å². The Bertz CT molecular complexity index is 1450. The maximum Gasteiger partial charge on any atom is 0.472 e. The van der Waals surface area contributed by atoms with Crippen molar-refractivity contribution in [1.82, 2.24) is 0 Å². The van der Waals surface area contributed by atoms with Crippen molar-refractivity contribution in [2.24, 2.45) is 69.5 Å². The summed E-state index contributed by atoms with van der Waals surface area (Å²) < 4.78 is 25.6. The van der Waals surface area contributed by atoms with Crippen LogP contribution in [0.4, 0.5) is 0 Å². The highest BCUT2D eigenvalue weighted by Gasteiger charge is 2.60. The lowest BCUT2D eigenvalue weighted by Gasteiger charge is -2.58. The Morgan fingerprint density at radius 2 is 1.23 bits per heavy atom. The van der Waals surface area contributed by atoms with Crippen molar-refractivity contribution in [3.8, 4) is 0 Å². The molecule has 6 saturated carbocycles. The fraction of sp³-hybridized carbons (Fsp3) is 0.854. The number of hydrogen-bond donors (Lipinski definition) is 1. The van der Waals surface area contributed by atoms with Gasteiger partial charge in [-0.1, -0.05) is 44.1 Å². The minimum atomic E-state index is -4.22. The summed E-state index contributed by atoms with van der Waals surface area (Å²) in [6.07, 6.45) is 20.7. The first-order valence-electron chi connectivity index (χ1n) is 19.8. The molecule has 15 unspecified atom stereocenters. The number of fused-ring (bicyclic) bond motifs is 10. The van der Waals surface area contributed by atoms with Gasteiger partial charge in [0.2, 0.25) is 0 Å². The van der Waals surface area contributed by atoms with E-state index in [1.54, 1.807) is 13.8 Å². The summed E-state index contributed by atoms with van der Waals surface area (Å²) >= 11 is 0. The lowest BCUT2D eigenvalue weighted by molar-refractivity contribution is -0.127. The summed E-state index contributed by atoms with van der Waals surface area (Å²) in [7, 11) is -4.22. The van der Waals surface area contributed by atoms with E-state index in [1.807, 2.05) is 0 Å². The third kappa shape index (κ3) is 5.30. The molecule has 0 radical (unpaired) electrons. The number of allylic oxidation sites excluding steroid dienone is 2. The lowest BCUT2D eigenvalue weighted by atomic mass is 9.47. The van der Waals surface area contributed by atoms with Crippen molar-refractivity contribution < 1.29 is 28.1 Å². The van der Waals surface area contributed by atoms with Crippen molar-refractivity contribution in [3.63, 3.8) is 0 Å². The molecule has 0 bridgehead atoms. The third-order valence-corrected chi connectivity index (χ3v) is 18.1. The van der Waals surface area contributed by atoms with Crippen molar-refractivity contribution >= 4 is 19.4 Å². The van der Waals surface area contributed by atoms with Crippen LogP contribution in [0.1, 0.15) is 137 Å². The minimum Gasteiger partial charge on any atom is -0.302 e. The molecular formula is C41H61O6P. The van der Waals surface area contributed by atoms with Gasteiger partial charge in [0.25, 0.3) is 0 Å². The Hall–Kier alpha value is -1.07. The maximum absolute atomic E-state index is 13.6. The first kappa shape index (κ1) is 34.0. The number of ketones is 2. The monoisotopic (exact) mass is 680 g/mol. The number of hydrogen-bond acceptors (Lipinski definition) is 5. The zero-order valence-corrected chi connectivity index (χ0v) is 31.1. The van der Waals surface area contributed by atoms with E-state index in [0.717, 1.165) is 70.6 Å². The highest BCUT2D eigenvalue weighted by molar-refractivity contribution is 7.47. The molecule has 266 valence electrons. The highest BCUT2D eigenvalue weighted by Crippen LogP contribution is 2.67. The van der Waals surface area contributed by atoms with E-state index < -0.39 is 7.82 Å². The standard InChI is InChI=1S/C41H61O6P/c1-24(42)30-10-11-32-31(30)12-13-36-33(32)8-6-26-22-28(16-19-39(26,36)3)46-48(44,45)47-29-17-20-40(4)27(23-29)7-9-34-37-15-14-35(25(2)43)41(37,5)21-18-38(34)40/h6-7,28-38H,8-23H2,1-5H3,(H,44,45). The van der Waals surface area contributed by atoms with Crippen LogP contribution < -0.4 is 0 Å². The predicted octanol–water partition coefficient (Wildman–Crippen LogP) is 9.80. The van der Waals surface area contributed by atoms with Crippen LogP contribution >= 0.6 is 7.82 Å². The van der Waals surface area contributed by atoms with Gasteiger partial charge < -0.3 is 4.89 Å². The van der Waals surface area contributed by atoms with Gasteiger partial charge in [0.05, 0.1) is 12.2 Å². The predicted molar refractivity (Wildman–Crippen MR) is 187 cm³/mol. The lowest BCUT2D eigenvalue weighted by Crippen LogP contribution is -2.51. The van der Waals surface area contributed by atoms with Crippen molar-refractivity contribution in [2.75, 3.05) is 0 Å². The highest BCUT2D eigenvalue weighted by atomic mass is 31.2. The smallest absolute Gasteiger partial charge is 0.302 e. The van der Waals surface area contributed by atoms with Gasteiger partial charge in [-0.25, -0.2) is 4.57 Å². The second-order valence-corrected chi connectivity index (χ2v) is 20.2. The number of rotatable bonds is 6. The molecule has 6 fully saturated rings. The van der Waals surface area contributed by atoms with Crippen LogP contribution in [0.5, 0.6) is 0 Å². The maximum atomic E-state index is 13.6. The average molecular weight is 681 g/mol. The molecule has 0 aromatic carbocycles. The molecule has 1 N–H and O–H groups in total. The largest absolute Gasteiger partial charge is 0.472 e. The molecule has 48 heavy (non-hydrogen) atoms. The summed E-state index contributed by atoms with van der Waals surface area (Å²) in [6.45, 7) is 10.9. The van der Waals surface area contributed by atoms with E-state index >= 15 is 0 Å². The summed E-state index contributed by atoms with van der Waals surface area (Å²) in [5.74, 6) is 5.73. The molecule has 8 rings (SSSR count). The van der Waals surface area contributed by atoms with E-state index in [0.29, 0.717) is 53.0 Å². The molecule has 0 amide bonds. The number of phosphoric ester groups is 1. The summed E-state index contributed by atoms with van der Waals surface area (Å²) in [5.41, 5.74) is 3.24. The van der Waals surface area contributed by atoms with Gasteiger partial charge in [0.1, 0.15) is 11.6 Å². The zero-order valence-electron chi connectivity index (χ0n) is 30.3. The van der Waals surface area contributed by atoms with Gasteiger partial charge in [-0.15, -0.1) is 0 Å². The fourth-order valence-corrected chi connectivity index (χ4v) is 15.8. The third-order valence-electron chi connectivity index (χ3n) is 17.0. The first-order valence-corrected chi connectivity index (χ1v) is 21.3. The molecule has 15 atom stereocenters. The Morgan fingerprint density at radius 1 is 0.667 bits per heavy atom. The Kier molecular flexibility index (Phi) is 8.50. The van der Waals surface area contributed by atoms with E-state index in [4.69, 9.17) is 9.05 Å². The van der Waals surface area contributed by atoms with Gasteiger partial charge in [0.15, 0.2) is 0 Å². The van der Waals surface area contributed by atoms with E-state index in [-0.39, 0.29) is 40.3 Å². The molecule has 0 aliphatic heterocycles. The number of phosphoric acid groups is 1. The quantitative estimate of drug-likeness (QED) is 0.222. The first-order chi connectivity index (χ1) is 22.7. The molecule has 0 heterocycles. The van der Waals surface area contributed by atoms with Crippen LogP contribution in [-0.4, -0.2) is 28.7 Å². The molecule has 0 aromatic rings. The Morgan fingerprint density at radius 3 is 1.83 bits per heavy atom. The van der Waals surface area contributed by atoms with E-state index in [9.17, 15) is 19.0 Å². The van der Waals surface area contributed by atoms with E-state index in [1.165, 1.54) is 43.3 Å². The normalized spacial score (nSPS) is 50.7. The fourth-order valence-electron chi connectivity index (χ4n) is 14.7. The van der Waals surface area contributed by atoms with Gasteiger partial charge in [-0.2, -0.15) is 0 Å². The van der Waals surface area contributed by atoms with Crippen molar-refractivity contribution in [2.45, 2.75) is 150 Å². The van der Waals surface area contributed by atoms with Crippen LogP contribution in [0.25, 0.3) is 0 Å². The summed E-state index contributed by atoms with van der Waals surface area (Å²) in [5, 5.41) is 0. The van der Waals surface area contributed by atoms with Gasteiger partial charge in [-0.05, 0) is 174 Å². The molecule has 0 spiro atoms. The van der Waals surface area contributed by atoms with Gasteiger partial charge in [0, 0.05) is 11.8 Å². The molecule has 8 aliphatic rings. The molecule has 0 saturated heterocycles. The van der Waals surface area contributed by atoms with Crippen LogP contribution in [0.3, 0.4) is 0 Å². The number of Topliss-reactive ketones (excluding diaryl/α,β-unsaturated/α-hetero) is 2. The van der Waals surface area contributed by atoms with Gasteiger partial charge >= 0.3 is 7.82 Å². The Labute approximate surface area is 289 Å². The second-order valence-electron chi connectivity index (χ2n) is 18.8. The molecular weight excluding hydrogens is 619 g/mol. The topological polar surface area (TPSA) is 89.9 Å². The van der Waals surface area contributed by atoms with Gasteiger partial charge in [-0.3, -0.25) is 18.6 Å². The molecule has 0 aromatic heterocycles. The molecule has 7 heteroatoms. The molecule has 6 nitrogen and oxygen atoms in total. The average Bonchev–Trinajstić information content (AvgIpc) is 3.63. The summed E-state index contributed by atoms with van der Waals surface area (Å²) in [6, 6.07) is 0. The van der Waals surface area contributed by atoms with Crippen molar-refractivity contribution in [1.29, 1.82) is 0 Å². The second kappa shape index (κ2) is 12.0. The molecule has 8 aliphatic carbocycles. The van der Waals surface area contributed by atoms with Crippen LogP contribution in [0.15, 0.2) is 23.3 Å². The number of carbonyl (C=O) groups excluding carboxylic acids is 2. The SMILES string of the molecule is CC(=O)C1CCC2C1CCC1C2CC=C2CC(OP(=O)(O)OC3CCC4(C)C(=CCC5C4CCC4(C)C(C(C)=O)CCC54)C3)CCC21C.